The molecule has 0 unspecified atom stereocenters. The Balaban J connectivity index is 1.83. The zero-order valence-corrected chi connectivity index (χ0v) is 13.8. The summed E-state index contributed by atoms with van der Waals surface area (Å²) in [6.07, 6.45) is 0. The van der Waals surface area contributed by atoms with Crippen molar-refractivity contribution in [1.82, 2.24) is 10.9 Å². The molecule has 0 saturated carbocycles. The third kappa shape index (κ3) is 4.87. The Morgan fingerprint density at radius 3 is 2.40 bits per heavy atom. The van der Waals surface area contributed by atoms with Crippen molar-refractivity contribution in [1.29, 1.82) is 0 Å². The number of carbonyl (C=O) groups is 3. The molecule has 0 aromatic heterocycles. The average Bonchev–Trinajstić information content (AvgIpc) is 2.58. The van der Waals surface area contributed by atoms with E-state index in [-0.39, 0.29) is 5.56 Å². The Bertz CT molecular complexity index is 820. The first-order chi connectivity index (χ1) is 11.9. The van der Waals surface area contributed by atoms with Crippen LogP contribution >= 0.6 is 0 Å². The fraction of sp³-hybridized carbons (Fsp3) is 0.167. The van der Waals surface area contributed by atoms with Gasteiger partial charge in [-0.1, -0.05) is 29.8 Å². The van der Waals surface area contributed by atoms with E-state index in [4.69, 9.17) is 4.74 Å². The monoisotopic (exact) mass is 344 g/mol. The van der Waals surface area contributed by atoms with Gasteiger partial charge in [0.25, 0.3) is 11.8 Å². The van der Waals surface area contributed by atoms with Gasteiger partial charge in [0.2, 0.25) is 0 Å². The molecule has 130 valence electrons. The highest BCUT2D eigenvalue weighted by Crippen LogP contribution is 2.11. The van der Waals surface area contributed by atoms with Crippen LogP contribution in [0.4, 0.5) is 4.39 Å². The number of aryl methyl sites for hydroxylation is 2. The van der Waals surface area contributed by atoms with Crippen LogP contribution in [0.3, 0.4) is 0 Å². The molecule has 0 radical (unpaired) electrons. The van der Waals surface area contributed by atoms with Crippen molar-refractivity contribution in [2.45, 2.75) is 13.8 Å². The van der Waals surface area contributed by atoms with Gasteiger partial charge in [-0.2, -0.15) is 0 Å². The van der Waals surface area contributed by atoms with Crippen molar-refractivity contribution in [3.63, 3.8) is 0 Å². The van der Waals surface area contributed by atoms with Crippen molar-refractivity contribution in [3.05, 3.63) is 70.5 Å². The summed E-state index contributed by atoms with van der Waals surface area (Å²) in [5.74, 6) is -2.92. The number of amides is 2. The van der Waals surface area contributed by atoms with Crippen molar-refractivity contribution in [3.8, 4) is 0 Å². The molecule has 0 aliphatic rings. The largest absolute Gasteiger partial charge is 0.452 e. The molecule has 2 aromatic rings. The maximum absolute atomic E-state index is 13.4. The second-order valence-electron chi connectivity index (χ2n) is 5.38. The second kappa shape index (κ2) is 8.05. The van der Waals surface area contributed by atoms with E-state index >= 15 is 0 Å². The fourth-order valence-corrected chi connectivity index (χ4v) is 2.13. The van der Waals surface area contributed by atoms with Crippen LogP contribution in [0.5, 0.6) is 0 Å². The van der Waals surface area contributed by atoms with Crippen molar-refractivity contribution >= 4 is 17.8 Å². The molecule has 25 heavy (non-hydrogen) atoms. The first-order valence-electron chi connectivity index (χ1n) is 7.46. The number of hydrogen-bond acceptors (Lipinski definition) is 4. The van der Waals surface area contributed by atoms with Crippen LogP contribution in [-0.2, 0) is 9.53 Å². The molecule has 0 spiro atoms. The number of hydrogen-bond donors (Lipinski definition) is 2. The summed E-state index contributed by atoms with van der Waals surface area (Å²) in [4.78, 5) is 35.3. The van der Waals surface area contributed by atoms with Gasteiger partial charge in [0.1, 0.15) is 5.82 Å². The van der Waals surface area contributed by atoms with Gasteiger partial charge in [0, 0.05) is 0 Å². The quantitative estimate of drug-likeness (QED) is 0.657. The average molecular weight is 344 g/mol. The molecule has 0 heterocycles. The lowest BCUT2D eigenvalue weighted by Gasteiger charge is -2.09. The SMILES string of the molecule is Cc1ccc(C(=O)OCC(=O)NNC(=O)c2ccccc2F)c(C)c1. The van der Waals surface area contributed by atoms with Gasteiger partial charge in [-0.05, 0) is 37.6 Å². The Kier molecular flexibility index (Phi) is 5.84. The van der Waals surface area contributed by atoms with Crippen molar-refractivity contribution in [2.24, 2.45) is 0 Å². The molecule has 7 heteroatoms. The molecule has 0 saturated heterocycles. The molecule has 2 N–H and O–H groups in total. The summed E-state index contributed by atoms with van der Waals surface area (Å²) in [5.41, 5.74) is 5.99. The molecule has 6 nitrogen and oxygen atoms in total. The molecule has 2 rings (SSSR count). The van der Waals surface area contributed by atoms with E-state index in [1.165, 1.54) is 18.2 Å². The number of carbonyl (C=O) groups excluding carboxylic acids is 3. The number of hydrazine groups is 1. The standard InChI is InChI=1S/C18H17FN2O4/c1-11-7-8-13(12(2)9-11)18(24)25-10-16(22)20-21-17(23)14-5-3-4-6-15(14)19/h3-9H,10H2,1-2H3,(H,20,22)(H,21,23). The third-order valence-electron chi connectivity index (χ3n) is 3.37. The summed E-state index contributed by atoms with van der Waals surface area (Å²) in [5, 5.41) is 0. The van der Waals surface area contributed by atoms with E-state index in [0.717, 1.165) is 17.2 Å². The second-order valence-corrected chi connectivity index (χ2v) is 5.38. The van der Waals surface area contributed by atoms with Crippen molar-refractivity contribution < 1.29 is 23.5 Å². The molecule has 2 aromatic carbocycles. The fourth-order valence-electron chi connectivity index (χ4n) is 2.13. The van der Waals surface area contributed by atoms with E-state index in [1.54, 1.807) is 19.1 Å². The lowest BCUT2D eigenvalue weighted by Crippen LogP contribution is -2.43. The molecule has 2 amide bonds. The minimum absolute atomic E-state index is 0.213. The highest BCUT2D eigenvalue weighted by Gasteiger charge is 2.14. The Labute approximate surface area is 144 Å². The summed E-state index contributed by atoms with van der Waals surface area (Å²) in [6, 6.07) is 10.5. The molecular weight excluding hydrogens is 327 g/mol. The Hall–Kier alpha value is -3.22. The number of halogens is 1. The number of rotatable bonds is 4. The van der Waals surface area contributed by atoms with Crippen LogP contribution in [0.15, 0.2) is 42.5 Å². The van der Waals surface area contributed by atoms with Crippen LogP contribution in [0.2, 0.25) is 0 Å². The predicted molar refractivity (Wildman–Crippen MR) is 88.2 cm³/mol. The number of esters is 1. The van der Waals surface area contributed by atoms with E-state index in [2.05, 4.69) is 10.9 Å². The minimum Gasteiger partial charge on any atom is -0.452 e. The van der Waals surface area contributed by atoms with Crippen LogP contribution < -0.4 is 10.9 Å². The molecule has 0 atom stereocenters. The summed E-state index contributed by atoms with van der Waals surface area (Å²) in [6.45, 7) is 3.08. The highest BCUT2D eigenvalue weighted by molar-refractivity contribution is 5.96. The molecule has 0 aliphatic heterocycles. The minimum atomic E-state index is -0.813. The maximum atomic E-state index is 13.4. The van der Waals surface area contributed by atoms with Gasteiger partial charge in [0.05, 0.1) is 11.1 Å². The number of benzene rings is 2. The molecular formula is C18H17FN2O4. The van der Waals surface area contributed by atoms with Crippen LogP contribution in [-0.4, -0.2) is 24.4 Å². The molecule has 0 fully saturated rings. The maximum Gasteiger partial charge on any atom is 0.338 e. The summed E-state index contributed by atoms with van der Waals surface area (Å²) >= 11 is 0. The summed E-state index contributed by atoms with van der Waals surface area (Å²) < 4.78 is 18.3. The Morgan fingerprint density at radius 2 is 1.72 bits per heavy atom. The lowest BCUT2D eigenvalue weighted by molar-refractivity contribution is -0.125. The lowest BCUT2D eigenvalue weighted by atomic mass is 10.1. The van der Waals surface area contributed by atoms with E-state index in [0.29, 0.717) is 5.56 Å². The first-order valence-corrected chi connectivity index (χ1v) is 7.46. The van der Waals surface area contributed by atoms with Crippen LogP contribution in [0, 0.1) is 19.7 Å². The van der Waals surface area contributed by atoms with Gasteiger partial charge in [-0.15, -0.1) is 0 Å². The third-order valence-corrected chi connectivity index (χ3v) is 3.37. The first kappa shape index (κ1) is 18.1. The van der Waals surface area contributed by atoms with Crippen LogP contribution in [0.25, 0.3) is 0 Å². The predicted octanol–water partition coefficient (Wildman–Crippen LogP) is 2.06. The highest BCUT2D eigenvalue weighted by atomic mass is 19.1. The number of ether oxygens (including phenoxy) is 1. The van der Waals surface area contributed by atoms with Gasteiger partial charge < -0.3 is 4.74 Å². The van der Waals surface area contributed by atoms with Crippen molar-refractivity contribution in [2.75, 3.05) is 6.61 Å². The Morgan fingerprint density at radius 1 is 1.00 bits per heavy atom. The molecule has 0 aliphatic carbocycles. The number of nitrogens with one attached hydrogen (secondary N) is 2. The van der Waals surface area contributed by atoms with E-state index < -0.39 is 30.2 Å². The van der Waals surface area contributed by atoms with Gasteiger partial charge in [0.15, 0.2) is 6.61 Å². The van der Waals surface area contributed by atoms with Gasteiger partial charge >= 0.3 is 5.97 Å². The van der Waals surface area contributed by atoms with Gasteiger partial charge in [-0.25, -0.2) is 9.18 Å². The summed E-state index contributed by atoms with van der Waals surface area (Å²) in [7, 11) is 0. The van der Waals surface area contributed by atoms with E-state index in [1.807, 2.05) is 13.0 Å². The van der Waals surface area contributed by atoms with E-state index in [9.17, 15) is 18.8 Å². The van der Waals surface area contributed by atoms with Gasteiger partial charge in [-0.3, -0.25) is 20.4 Å². The molecule has 0 bridgehead atoms. The topological polar surface area (TPSA) is 84.5 Å². The normalized spacial score (nSPS) is 10.0. The smallest absolute Gasteiger partial charge is 0.338 e. The zero-order chi connectivity index (χ0) is 18.4. The zero-order valence-electron chi connectivity index (χ0n) is 13.8. The van der Waals surface area contributed by atoms with Crippen LogP contribution in [0.1, 0.15) is 31.8 Å².